The minimum Gasteiger partial charge on any atom is -0.455 e. The number of rotatable bonds is 6. The van der Waals surface area contributed by atoms with Crippen LogP contribution in [0.2, 0.25) is 0 Å². The molecule has 10 aromatic rings. The van der Waals surface area contributed by atoms with E-state index in [0.717, 1.165) is 72.0 Å². The van der Waals surface area contributed by atoms with Gasteiger partial charge in [-0.3, -0.25) is 0 Å². The van der Waals surface area contributed by atoms with Crippen LogP contribution in [-0.4, -0.2) is 15.0 Å². The monoisotopic (exact) mass is 677 g/mol. The summed E-state index contributed by atoms with van der Waals surface area (Å²) < 4.78 is 7.15. The molecule has 2 aromatic heterocycles. The fourth-order valence-corrected chi connectivity index (χ4v) is 7.31. The molecule has 4 nitrogen and oxygen atoms in total. The van der Waals surface area contributed by atoms with E-state index in [4.69, 9.17) is 19.4 Å². The van der Waals surface area contributed by atoms with Crippen LogP contribution < -0.4 is 0 Å². The summed E-state index contributed by atoms with van der Waals surface area (Å²) in [6.07, 6.45) is 0. The third-order valence-electron chi connectivity index (χ3n) is 9.91. The maximum Gasteiger partial charge on any atom is 0.164 e. The highest BCUT2D eigenvalue weighted by Gasteiger charge is 2.23. The van der Waals surface area contributed by atoms with Gasteiger partial charge in [0.15, 0.2) is 17.5 Å². The number of hydrogen-bond acceptors (Lipinski definition) is 4. The molecule has 0 saturated heterocycles. The van der Waals surface area contributed by atoms with Crippen molar-refractivity contribution in [2.45, 2.75) is 0 Å². The van der Waals surface area contributed by atoms with Crippen LogP contribution in [0, 0.1) is 0 Å². The van der Waals surface area contributed by atoms with E-state index < -0.39 is 0 Å². The van der Waals surface area contributed by atoms with Gasteiger partial charge in [0.2, 0.25) is 0 Å². The summed E-state index contributed by atoms with van der Waals surface area (Å²) in [7, 11) is 0. The summed E-state index contributed by atoms with van der Waals surface area (Å²) in [5.41, 5.74) is 10.8. The van der Waals surface area contributed by atoms with Gasteiger partial charge in [-0.15, -0.1) is 0 Å². The van der Waals surface area contributed by atoms with Crippen molar-refractivity contribution in [1.29, 1.82) is 0 Å². The van der Waals surface area contributed by atoms with E-state index in [0.29, 0.717) is 17.5 Å². The van der Waals surface area contributed by atoms with Crippen LogP contribution in [0.5, 0.6) is 0 Å². The first kappa shape index (κ1) is 30.6. The first-order valence-corrected chi connectivity index (χ1v) is 17.8. The highest BCUT2D eigenvalue weighted by Crippen LogP contribution is 2.46. The predicted octanol–water partition coefficient (Wildman–Crippen LogP) is 12.9. The van der Waals surface area contributed by atoms with E-state index in [9.17, 15) is 0 Å². The number of nitrogens with zero attached hydrogens (tertiary/aromatic N) is 3. The molecule has 0 unspecified atom stereocenters. The molecule has 0 saturated carbocycles. The Bertz CT molecular complexity index is 2860. The van der Waals surface area contributed by atoms with Crippen molar-refractivity contribution < 1.29 is 4.42 Å². The van der Waals surface area contributed by atoms with Crippen LogP contribution in [0.3, 0.4) is 0 Å². The second kappa shape index (κ2) is 12.9. The Morgan fingerprint density at radius 2 is 0.830 bits per heavy atom. The third kappa shape index (κ3) is 5.54. The van der Waals surface area contributed by atoms with Crippen LogP contribution in [0.25, 0.3) is 100 Å². The Morgan fingerprint density at radius 1 is 0.302 bits per heavy atom. The molecule has 10 rings (SSSR count). The lowest BCUT2D eigenvalue weighted by Gasteiger charge is -2.11. The zero-order valence-electron chi connectivity index (χ0n) is 28.6. The molecule has 0 aliphatic carbocycles. The van der Waals surface area contributed by atoms with Gasteiger partial charge in [0.1, 0.15) is 11.2 Å². The van der Waals surface area contributed by atoms with Gasteiger partial charge in [0.05, 0.1) is 0 Å². The molecule has 0 atom stereocenters. The quantitative estimate of drug-likeness (QED) is 0.176. The first-order valence-electron chi connectivity index (χ1n) is 17.8. The van der Waals surface area contributed by atoms with Crippen LogP contribution in [0.4, 0.5) is 0 Å². The molecule has 4 heteroatoms. The number of fused-ring (bicyclic) bond motifs is 4. The van der Waals surface area contributed by atoms with Gasteiger partial charge in [-0.25, -0.2) is 15.0 Å². The molecule has 8 aromatic carbocycles. The SMILES string of the molecule is c1ccc(-c2cc(-c3ccccc3)c3oc4c(-c5ccc6ccccc6c5)ccc(-c5nc(-c6ccccc6)nc(-c6ccccc6)n5)c4c3c2)cc1. The molecule has 0 fully saturated rings. The van der Waals surface area contributed by atoms with E-state index in [1.165, 1.54) is 10.8 Å². The summed E-state index contributed by atoms with van der Waals surface area (Å²) in [5, 5.41) is 4.33. The molecular formula is C49H31N3O. The van der Waals surface area contributed by atoms with Gasteiger partial charge in [-0.1, -0.05) is 158 Å². The lowest BCUT2D eigenvalue weighted by Crippen LogP contribution is -2.00. The molecule has 0 aliphatic rings. The second-order valence-corrected chi connectivity index (χ2v) is 13.2. The van der Waals surface area contributed by atoms with Crippen LogP contribution in [0.15, 0.2) is 192 Å². The Balaban J connectivity index is 1.32. The Morgan fingerprint density at radius 3 is 1.47 bits per heavy atom. The molecule has 0 amide bonds. The Hall–Kier alpha value is -7.17. The van der Waals surface area contributed by atoms with Gasteiger partial charge in [-0.05, 0) is 63.4 Å². The number of aromatic nitrogens is 3. The van der Waals surface area contributed by atoms with Crippen molar-refractivity contribution in [3.8, 4) is 67.5 Å². The molecule has 0 bridgehead atoms. The standard InChI is InChI=1S/C49H31N3O/c1-5-15-32(16-6-1)39-30-42(34-18-7-2-8-19-34)45-43(31-39)44-41(28-27-40(46(44)53-45)38-26-25-33-17-13-14-24-37(33)29-38)49-51-47(35-20-9-3-10-21-35)50-48(52-49)36-22-11-4-12-23-36/h1-31H. The topological polar surface area (TPSA) is 51.8 Å². The van der Waals surface area contributed by atoms with Crippen molar-refractivity contribution in [2.75, 3.05) is 0 Å². The molecule has 0 radical (unpaired) electrons. The summed E-state index contributed by atoms with van der Waals surface area (Å²) in [6.45, 7) is 0. The second-order valence-electron chi connectivity index (χ2n) is 13.2. The maximum atomic E-state index is 7.15. The smallest absolute Gasteiger partial charge is 0.164 e. The van der Waals surface area contributed by atoms with Crippen molar-refractivity contribution in [1.82, 2.24) is 15.0 Å². The normalized spacial score (nSPS) is 11.4. The van der Waals surface area contributed by atoms with E-state index >= 15 is 0 Å². The fraction of sp³-hybridized carbons (Fsp3) is 0. The summed E-state index contributed by atoms with van der Waals surface area (Å²) in [5.74, 6) is 1.81. The van der Waals surface area contributed by atoms with Crippen LogP contribution in [-0.2, 0) is 0 Å². The number of furan rings is 1. The van der Waals surface area contributed by atoms with Gasteiger partial charge in [0, 0.05) is 38.6 Å². The zero-order chi connectivity index (χ0) is 35.1. The van der Waals surface area contributed by atoms with Gasteiger partial charge >= 0.3 is 0 Å². The van der Waals surface area contributed by atoms with Crippen molar-refractivity contribution >= 4 is 32.7 Å². The molecule has 0 aliphatic heterocycles. The first-order chi connectivity index (χ1) is 26.3. The van der Waals surface area contributed by atoms with E-state index in [1.807, 2.05) is 66.7 Å². The molecule has 0 N–H and O–H groups in total. The predicted molar refractivity (Wildman–Crippen MR) is 217 cm³/mol. The highest BCUT2D eigenvalue weighted by atomic mass is 16.3. The average molecular weight is 678 g/mol. The molecule has 0 spiro atoms. The lowest BCUT2D eigenvalue weighted by molar-refractivity contribution is 0.671. The van der Waals surface area contributed by atoms with Crippen LogP contribution in [0.1, 0.15) is 0 Å². The van der Waals surface area contributed by atoms with Crippen LogP contribution >= 0.6 is 0 Å². The van der Waals surface area contributed by atoms with Gasteiger partial charge < -0.3 is 4.42 Å². The minimum atomic E-state index is 0.585. The number of hydrogen-bond donors (Lipinski definition) is 0. The Kier molecular flexibility index (Phi) is 7.43. The van der Waals surface area contributed by atoms with Crippen molar-refractivity contribution in [3.63, 3.8) is 0 Å². The molecule has 53 heavy (non-hydrogen) atoms. The summed E-state index contributed by atoms with van der Waals surface area (Å²) in [4.78, 5) is 15.3. The lowest BCUT2D eigenvalue weighted by atomic mass is 9.93. The highest BCUT2D eigenvalue weighted by molar-refractivity contribution is 6.19. The maximum absolute atomic E-state index is 7.15. The molecular weight excluding hydrogens is 647 g/mol. The number of benzene rings is 8. The molecule has 248 valence electrons. The van der Waals surface area contributed by atoms with Crippen molar-refractivity contribution in [2.24, 2.45) is 0 Å². The Labute approximate surface area is 306 Å². The summed E-state index contributed by atoms with van der Waals surface area (Å²) in [6, 6.07) is 65.1. The largest absolute Gasteiger partial charge is 0.455 e. The summed E-state index contributed by atoms with van der Waals surface area (Å²) >= 11 is 0. The van der Waals surface area contributed by atoms with E-state index in [2.05, 4.69) is 121 Å². The molecule has 2 heterocycles. The third-order valence-corrected chi connectivity index (χ3v) is 9.91. The zero-order valence-corrected chi connectivity index (χ0v) is 28.6. The average Bonchev–Trinajstić information content (AvgIpc) is 3.64. The van der Waals surface area contributed by atoms with Gasteiger partial charge in [-0.2, -0.15) is 0 Å². The van der Waals surface area contributed by atoms with Crippen molar-refractivity contribution in [3.05, 3.63) is 188 Å². The van der Waals surface area contributed by atoms with E-state index in [-0.39, 0.29) is 0 Å². The van der Waals surface area contributed by atoms with E-state index in [1.54, 1.807) is 0 Å². The fourth-order valence-electron chi connectivity index (χ4n) is 7.31. The minimum absolute atomic E-state index is 0.585. The van der Waals surface area contributed by atoms with Gasteiger partial charge in [0.25, 0.3) is 0 Å².